The van der Waals surface area contributed by atoms with Crippen molar-refractivity contribution >= 4 is 5.69 Å². The Morgan fingerprint density at radius 3 is 2.58 bits per heavy atom. The second-order valence-corrected chi connectivity index (χ2v) is 4.95. The predicted octanol–water partition coefficient (Wildman–Crippen LogP) is 2.65. The van der Waals surface area contributed by atoms with Crippen LogP contribution in [0.1, 0.15) is 33.6 Å². The van der Waals surface area contributed by atoms with Gasteiger partial charge in [0.2, 0.25) is 11.8 Å². The summed E-state index contributed by atoms with van der Waals surface area (Å²) >= 11 is 0. The van der Waals surface area contributed by atoms with E-state index in [2.05, 4.69) is 4.98 Å². The van der Waals surface area contributed by atoms with Crippen LogP contribution in [0.4, 0.5) is 5.69 Å². The van der Waals surface area contributed by atoms with Crippen LogP contribution in [0, 0.1) is 0 Å². The van der Waals surface area contributed by atoms with Crippen LogP contribution in [0.3, 0.4) is 0 Å². The Kier molecular flexibility index (Phi) is 5.89. The molecule has 1 heterocycles. The molecule has 0 fully saturated rings. The Balaban J connectivity index is 2.54. The molecular formula is C14H24N2O3. The van der Waals surface area contributed by atoms with Crippen LogP contribution in [-0.4, -0.2) is 30.9 Å². The first kappa shape index (κ1) is 15.6. The van der Waals surface area contributed by atoms with Gasteiger partial charge in [-0.3, -0.25) is 0 Å². The molecular weight excluding hydrogens is 244 g/mol. The van der Waals surface area contributed by atoms with Gasteiger partial charge in [0.1, 0.15) is 0 Å². The number of hydrogen-bond donors (Lipinski definition) is 1. The van der Waals surface area contributed by atoms with Gasteiger partial charge in [0.05, 0.1) is 24.5 Å². The molecule has 1 rings (SSSR count). The van der Waals surface area contributed by atoms with E-state index in [4.69, 9.17) is 19.9 Å². The van der Waals surface area contributed by atoms with Crippen molar-refractivity contribution in [3.63, 3.8) is 0 Å². The molecule has 0 spiro atoms. The van der Waals surface area contributed by atoms with Crippen molar-refractivity contribution in [3.05, 3.63) is 12.1 Å². The Bertz CT molecular complexity index is 394. The largest absolute Gasteiger partial charge is 0.477 e. The minimum absolute atomic E-state index is 0.199. The summed E-state index contributed by atoms with van der Waals surface area (Å²) in [7, 11) is 1.69. The molecule has 0 amide bonds. The number of aromatic nitrogens is 1. The van der Waals surface area contributed by atoms with E-state index in [1.165, 1.54) is 0 Å². The number of nitrogens with two attached hydrogens (primary N) is 1. The second kappa shape index (κ2) is 7.19. The van der Waals surface area contributed by atoms with Gasteiger partial charge in [0, 0.05) is 19.6 Å². The highest BCUT2D eigenvalue weighted by molar-refractivity contribution is 5.49. The van der Waals surface area contributed by atoms with Crippen LogP contribution in [-0.2, 0) is 4.74 Å². The number of hydrogen-bond acceptors (Lipinski definition) is 5. The number of rotatable bonds is 8. The number of methoxy groups -OCH3 is 1. The van der Waals surface area contributed by atoms with Crippen molar-refractivity contribution in [1.29, 1.82) is 0 Å². The van der Waals surface area contributed by atoms with E-state index >= 15 is 0 Å². The molecule has 0 aromatic carbocycles. The highest BCUT2D eigenvalue weighted by Crippen LogP contribution is 2.23. The zero-order valence-electron chi connectivity index (χ0n) is 12.2. The lowest BCUT2D eigenvalue weighted by molar-refractivity contribution is 0.00505. The zero-order chi connectivity index (χ0) is 14.3. The van der Waals surface area contributed by atoms with Gasteiger partial charge < -0.3 is 19.9 Å². The van der Waals surface area contributed by atoms with Crippen LogP contribution in [0.5, 0.6) is 11.8 Å². The molecule has 1 aromatic heterocycles. The molecule has 0 unspecified atom stereocenters. The maximum atomic E-state index is 5.79. The standard InChI is InChI=1S/C14H24N2O3/c1-5-9-19-13-11(15)6-7-12(16-13)18-10-8-14(2,3)17-4/h6-7H,5,8-10,15H2,1-4H3. The smallest absolute Gasteiger partial charge is 0.240 e. The van der Waals surface area contributed by atoms with Gasteiger partial charge in [0.15, 0.2) is 0 Å². The number of ether oxygens (including phenoxy) is 3. The van der Waals surface area contributed by atoms with Crippen molar-refractivity contribution < 1.29 is 14.2 Å². The van der Waals surface area contributed by atoms with E-state index in [1.807, 2.05) is 20.8 Å². The second-order valence-electron chi connectivity index (χ2n) is 4.95. The summed E-state index contributed by atoms with van der Waals surface area (Å²) in [4.78, 5) is 4.24. The third-order valence-corrected chi connectivity index (χ3v) is 2.81. The molecule has 5 nitrogen and oxygen atoms in total. The third kappa shape index (κ3) is 5.34. The fourth-order valence-electron chi connectivity index (χ4n) is 1.33. The summed E-state index contributed by atoms with van der Waals surface area (Å²) in [5.41, 5.74) is 6.11. The maximum Gasteiger partial charge on any atom is 0.240 e. The first-order chi connectivity index (χ1) is 8.98. The highest BCUT2D eigenvalue weighted by atomic mass is 16.5. The summed E-state index contributed by atoms with van der Waals surface area (Å²) < 4.78 is 16.4. The van der Waals surface area contributed by atoms with Crippen LogP contribution < -0.4 is 15.2 Å². The van der Waals surface area contributed by atoms with E-state index in [9.17, 15) is 0 Å². The molecule has 0 aliphatic carbocycles. The lowest BCUT2D eigenvalue weighted by atomic mass is 10.1. The molecule has 0 aliphatic heterocycles. The van der Waals surface area contributed by atoms with E-state index in [-0.39, 0.29) is 5.60 Å². The van der Waals surface area contributed by atoms with Crippen molar-refractivity contribution in [2.24, 2.45) is 0 Å². The molecule has 0 saturated heterocycles. The quantitative estimate of drug-likeness (QED) is 0.785. The first-order valence-electron chi connectivity index (χ1n) is 6.56. The maximum absolute atomic E-state index is 5.79. The van der Waals surface area contributed by atoms with Crippen molar-refractivity contribution in [1.82, 2.24) is 4.98 Å². The van der Waals surface area contributed by atoms with Gasteiger partial charge in [-0.05, 0) is 26.3 Å². The summed E-state index contributed by atoms with van der Waals surface area (Å²) in [6.45, 7) is 7.19. The average molecular weight is 268 g/mol. The van der Waals surface area contributed by atoms with Crippen LogP contribution in [0.15, 0.2) is 12.1 Å². The van der Waals surface area contributed by atoms with Gasteiger partial charge in [-0.2, -0.15) is 4.98 Å². The lowest BCUT2D eigenvalue weighted by Gasteiger charge is -2.22. The fourth-order valence-corrected chi connectivity index (χ4v) is 1.33. The van der Waals surface area contributed by atoms with Crippen LogP contribution in [0.2, 0.25) is 0 Å². The molecule has 2 N–H and O–H groups in total. The molecule has 19 heavy (non-hydrogen) atoms. The zero-order valence-corrected chi connectivity index (χ0v) is 12.2. The Labute approximate surface area is 115 Å². The third-order valence-electron chi connectivity index (χ3n) is 2.81. The monoisotopic (exact) mass is 268 g/mol. The number of nitrogen functional groups attached to an aromatic ring is 1. The van der Waals surface area contributed by atoms with E-state index < -0.39 is 0 Å². The Hall–Kier alpha value is -1.49. The topological polar surface area (TPSA) is 66.6 Å². The van der Waals surface area contributed by atoms with Crippen molar-refractivity contribution in [2.75, 3.05) is 26.1 Å². The van der Waals surface area contributed by atoms with Crippen LogP contribution in [0.25, 0.3) is 0 Å². The normalized spacial score (nSPS) is 11.4. The van der Waals surface area contributed by atoms with Gasteiger partial charge in [-0.1, -0.05) is 6.92 Å². The van der Waals surface area contributed by atoms with E-state index in [0.717, 1.165) is 12.8 Å². The predicted molar refractivity (Wildman–Crippen MR) is 75.6 cm³/mol. The summed E-state index contributed by atoms with van der Waals surface area (Å²) in [5.74, 6) is 0.956. The van der Waals surface area contributed by atoms with E-state index in [0.29, 0.717) is 30.7 Å². The Morgan fingerprint density at radius 1 is 1.21 bits per heavy atom. The molecule has 1 aromatic rings. The van der Waals surface area contributed by atoms with Gasteiger partial charge >= 0.3 is 0 Å². The fraction of sp³-hybridized carbons (Fsp3) is 0.643. The molecule has 0 aliphatic rings. The van der Waals surface area contributed by atoms with Gasteiger partial charge in [0.25, 0.3) is 0 Å². The summed E-state index contributed by atoms with van der Waals surface area (Å²) in [6.07, 6.45) is 1.69. The highest BCUT2D eigenvalue weighted by Gasteiger charge is 2.16. The van der Waals surface area contributed by atoms with Crippen molar-refractivity contribution in [3.8, 4) is 11.8 Å². The number of anilines is 1. The van der Waals surface area contributed by atoms with E-state index in [1.54, 1.807) is 19.2 Å². The SMILES string of the molecule is CCCOc1nc(OCCC(C)(C)OC)ccc1N. The van der Waals surface area contributed by atoms with Gasteiger partial charge in [-0.25, -0.2) is 0 Å². The molecule has 0 saturated carbocycles. The van der Waals surface area contributed by atoms with Crippen LogP contribution >= 0.6 is 0 Å². The average Bonchev–Trinajstić information content (AvgIpc) is 2.39. The minimum Gasteiger partial charge on any atom is -0.477 e. The first-order valence-corrected chi connectivity index (χ1v) is 6.56. The Morgan fingerprint density at radius 2 is 1.95 bits per heavy atom. The molecule has 0 radical (unpaired) electrons. The molecule has 108 valence electrons. The molecule has 5 heteroatoms. The minimum atomic E-state index is -0.199. The summed E-state index contributed by atoms with van der Waals surface area (Å²) in [5, 5.41) is 0. The number of nitrogens with zero attached hydrogens (tertiary/aromatic N) is 1. The number of pyridine rings is 1. The molecule has 0 bridgehead atoms. The molecule has 0 atom stereocenters. The lowest BCUT2D eigenvalue weighted by Crippen LogP contribution is -2.25. The van der Waals surface area contributed by atoms with Crippen molar-refractivity contribution in [2.45, 2.75) is 39.2 Å². The summed E-state index contributed by atoms with van der Waals surface area (Å²) in [6, 6.07) is 3.49. The van der Waals surface area contributed by atoms with Gasteiger partial charge in [-0.15, -0.1) is 0 Å².